The van der Waals surface area contributed by atoms with Crippen LogP contribution in [0.4, 0.5) is 0 Å². The Morgan fingerprint density at radius 3 is 2.57 bits per heavy atom. The number of aryl methyl sites for hydroxylation is 2. The first-order valence-corrected chi connectivity index (χ1v) is 10.2. The minimum absolute atomic E-state index is 0.312. The molecule has 6 nitrogen and oxygen atoms in total. The fourth-order valence-electron chi connectivity index (χ4n) is 2.59. The Morgan fingerprint density at radius 2 is 1.80 bits per heavy atom. The van der Waals surface area contributed by atoms with Gasteiger partial charge in [-0.25, -0.2) is 5.43 Å². The molecule has 0 fully saturated rings. The average Bonchev–Trinajstić information content (AvgIpc) is 2.75. The molecule has 1 amide bonds. The maximum Gasteiger partial charge on any atom is 0.271 e. The molecule has 0 aliphatic heterocycles. The quantitative estimate of drug-likeness (QED) is 0.296. The number of nitrogens with one attached hydrogen (secondary N) is 1. The monoisotopic (exact) mass is 467 g/mol. The number of benzene rings is 2. The third-order valence-corrected chi connectivity index (χ3v) is 4.87. The van der Waals surface area contributed by atoms with Gasteiger partial charge in [-0.15, -0.1) is 0 Å². The largest absolute Gasteiger partial charge is 0.490 e. The Hall–Kier alpha value is -3.19. The van der Waals surface area contributed by atoms with E-state index >= 15 is 0 Å². The summed E-state index contributed by atoms with van der Waals surface area (Å²) in [5, 5.41) is 4.04. The summed E-state index contributed by atoms with van der Waals surface area (Å²) in [5.41, 5.74) is 6.13. The van der Waals surface area contributed by atoms with E-state index in [9.17, 15) is 4.79 Å². The van der Waals surface area contributed by atoms with Gasteiger partial charge in [0.1, 0.15) is 24.7 Å². The van der Waals surface area contributed by atoms with Gasteiger partial charge in [0.05, 0.1) is 6.21 Å². The smallest absolute Gasteiger partial charge is 0.271 e. The highest BCUT2D eigenvalue weighted by molar-refractivity contribution is 9.10. The van der Waals surface area contributed by atoms with Gasteiger partial charge in [0.2, 0.25) is 0 Å². The van der Waals surface area contributed by atoms with Gasteiger partial charge < -0.3 is 9.47 Å². The maximum atomic E-state index is 12.1. The molecule has 0 atom stereocenters. The number of carbonyl (C=O) groups is 1. The van der Waals surface area contributed by atoms with Crippen LogP contribution in [0.5, 0.6) is 11.5 Å². The van der Waals surface area contributed by atoms with Crippen LogP contribution < -0.4 is 14.9 Å². The number of carbonyl (C=O) groups excluding carboxylic acids is 1. The minimum Gasteiger partial charge on any atom is -0.490 e. The Labute approximate surface area is 184 Å². The van der Waals surface area contributed by atoms with E-state index in [4.69, 9.17) is 9.47 Å². The number of ether oxygens (including phenoxy) is 2. The van der Waals surface area contributed by atoms with Crippen LogP contribution in [-0.4, -0.2) is 30.3 Å². The predicted molar refractivity (Wildman–Crippen MR) is 120 cm³/mol. The molecule has 3 aromatic rings. The molecule has 0 spiro atoms. The van der Waals surface area contributed by atoms with Crippen LogP contribution in [0.1, 0.15) is 27.0 Å². The molecular formula is C23H22BrN3O3. The van der Waals surface area contributed by atoms with Crippen LogP contribution in [0, 0.1) is 13.8 Å². The highest BCUT2D eigenvalue weighted by Crippen LogP contribution is 2.22. The molecule has 1 N–H and O–H groups in total. The maximum absolute atomic E-state index is 12.1. The second-order valence-electron chi connectivity index (χ2n) is 6.56. The Kier molecular flexibility index (Phi) is 7.57. The van der Waals surface area contributed by atoms with Gasteiger partial charge in [-0.1, -0.05) is 22.0 Å². The summed E-state index contributed by atoms with van der Waals surface area (Å²) < 4.78 is 12.5. The number of hydrogen-bond donors (Lipinski definition) is 1. The van der Waals surface area contributed by atoms with Gasteiger partial charge in [0.15, 0.2) is 0 Å². The van der Waals surface area contributed by atoms with Gasteiger partial charge >= 0.3 is 0 Å². The summed E-state index contributed by atoms with van der Waals surface area (Å²) >= 11 is 3.44. The molecule has 1 aromatic heterocycles. The van der Waals surface area contributed by atoms with Crippen molar-refractivity contribution in [3.8, 4) is 11.5 Å². The number of amides is 1. The second-order valence-corrected chi connectivity index (χ2v) is 7.48. The number of hydrazone groups is 1. The van der Waals surface area contributed by atoms with Crippen molar-refractivity contribution < 1.29 is 14.3 Å². The molecule has 7 heteroatoms. The van der Waals surface area contributed by atoms with Crippen molar-refractivity contribution in [3.63, 3.8) is 0 Å². The summed E-state index contributed by atoms with van der Waals surface area (Å²) in [6.07, 6.45) is 4.65. The van der Waals surface area contributed by atoms with Crippen molar-refractivity contribution in [2.75, 3.05) is 13.2 Å². The number of aromatic nitrogens is 1. The van der Waals surface area contributed by atoms with E-state index in [1.807, 2.05) is 36.4 Å². The summed E-state index contributed by atoms with van der Waals surface area (Å²) in [4.78, 5) is 16.0. The van der Waals surface area contributed by atoms with Crippen molar-refractivity contribution in [3.05, 3.63) is 87.7 Å². The summed E-state index contributed by atoms with van der Waals surface area (Å²) in [7, 11) is 0. The third kappa shape index (κ3) is 6.15. The first-order valence-electron chi connectivity index (χ1n) is 9.39. The van der Waals surface area contributed by atoms with E-state index in [1.165, 1.54) is 11.1 Å². The van der Waals surface area contributed by atoms with Crippen LogP contribution in [0.3, 0.4) is 0 Å². The molecule has 2 aromatic carbocycles. The van der Waals surface area contributed by atoms with Crippen molar-refractivity contribution in [2.24, 2.45) is 5.10 Å². The van der Waals surface area contributed by atoms with E-state index in [2.05, 4.69) is 45.3 Å². The Balaban J connectivity index is 1.56. The molecule has 154 valence electrons. The predicted octanol–water partition coefficient (Wildman–Crippen LogP) is 4.68. The lowest BCUT2D eigenvalue weighted by atomic mass is 10.1. The number of rotatable bonds is 8. The number of pyridine rings is 1. The lowest BCUT2D eigenvalue weighted by Crippen LogP contribution is -2.17. The molecule has 3 rings (SSSR count). The molecule has 0 saturated heterocycles. The summed E-state index contributed by atoms with van der Waals surface area (Å²) in [5.74, 6) is 1.15. The average molecular weight is 468 g/mol. The Morgan fingerprint density at radius 1 is 1.03 bits per heavy atom. The zero-order valence-electron chi connectivity index (χ0n) is 16.8. The van der Waals surface area contributed by atoms with Crippen molar-refractivity contribution in [1.82, 2.24) is 10.4 Å². The lowest BCUT2D eigenvalue weighted by Gasteiger charge is -2.11. The molecule has 1 heterocycles. The van der Waals surface area contributed by atoms with Crippen molar-refractivity contribution in [2.45, 2.75) is 13.8 Å². The normalized spacial score (nSPS) is 10.8. The molecular weight excluding hydrogens is 446 g/mol. The van der Waals surface area contributed by atoms with Crippen molar-refractivity contribution in [1.29, 1.82) is 0 Å². The van der Waals surface area contributed by atoms with E-state index in [1.54, 1.807) is 30.7 Å². The molecule has 0 aliphatic carbocycles. The van der Waals surface area contributed by atoms with Gasteiger partial charge in [-0.2, -0.15) is 5.10 Å². The SMILES string of the molecule is Cc1ccc(OCCOc2ccc(Br)cc2/C=N\NC(=O)c2ccncc2)cc1C. The standard InChI is InChI=1S/C23H22BrN3O3/c1-16-3-5-21(13-17(16)2)29-11-12-30-22-6-4-20(24)14-19(22)15-26-27-23(28)18-7-9-25-10-8-18/h3-10,13-15H,11-12H2,1-2H3,(H,27,28)/b26-15-. The zero-order valence-corrected chi connectivity index (χ0v) is 18.3. The molecule has 0 unspecified atom stereocenters. The van der Waals surface area contributed by atoms with Gasteiger partial charge in [-0.3, -0.25) is 9.78 Å². The van der Waals surface area contributed by atoms with Gasteiger partial charge in [0, 0.05) is 28.0 Å². The fraction of sp³-hybridized carbons (Fsp3) is 0.174. The lowest BCUT2D eigenvalue weighted by molar-refractivity contribution is 0.0955. The molecule has 30 heavy (non-hydrogen) atoms. The van der Waals surface area contributed by atoms with E-state index in [0.717, 1.165) is 15.8 Å². The first-order chi connectivity index (χ1) is 14.5. The van der Waals surface area contributed by atoms with E-state index < -0.39 is 0 Å². The van der Waals surface area contributed by atoms with Crippen LogP contribution >= 0.6 is 15.9 Å². The van der Waals surface area contributed by atoms with Crippen LogP contribution in [0.15, 0.2) is 70.5 Å². The molecule has 0 saturated carbocycles. The van der Waals surface area contributed by atoms with E-state index in [0.29, 0.717) is 24.5 Å². The van der Waals surface area contributed by atoms with Crippen LogP contribution in [0.2, 0.25) is 0 Å². The molecule has 0 aliphatic rings. The first kappa shape index (κ1) is 21.5. The fourth-order valence-corrected chi connectivity index (χ4v) is 2.97. The number of nitrogens with zero attached hydrogens (tertiary/aromatic N) is 2. The highest BCUT2D eigenvalue weighted by Gasteiger charge is 2.06. The Bertz CT molecular complexity index is 1040. The van der Waals surface area contributed by atoms with Crippen LogP contribution in [0.25, 0.3) is 0 Å². The van der Waals surface area contributed by atoms with Gasteiger partial charge in [0.25, 0.3) is 5.91 Å². The summed E-state index contributed by atoms with van der Waals surface area (Å²) in [6.45, 7) is 4.91. The molecule has 0 bridgehead atoms. The third-order valence-electron chi connectivity index (χ3n) is 4.37. The van der Waals surface area contributed by atoms with Crippen LogP contribution in [-0.2, 0) is 0 Å². The number of hydrogen-bond acceptors (Lipinski definition) is 5. The highest BCUT2D eigenvalue weighted by atomic mass is 79.9. The zero-order chi connectivity index (χ0) is 21.3. The van der Waals surface area contributed by atoms with E-state index in [-0.39, 0.29) is 5.91 Å². The van der Waals surface area contributed by atoms with Crippen molar-refractivity contribution >= 4 is 28.1 Å². The summed E-state index contributed by atoms with van der Waals surface area (Å²) in [6, 6.07) is 14.8. The topological polar surface area (TPSA) is 72.8 Å². The minimum atomic E-state index is -0.312. The molecule has 0 radical (unpaired) electrons. The number of halogens is 1. The van der Waals surface area contributed by atoms with Gasteiger partial charge in [-0.05, 0) is 67.4 Å². The second kappa shape index (κ2) is 10.5.